The lowest BCUT2D eigenvalue weighted by Crippen LogP contribution is -2.48. The molecule has 0 bridgehead atoms. The Morgan fingerprint density at radius 1 is 1.05 bits per heavy atom. The number of furan rings is 1. The van der Waals surface area contributed by atoms with E-state index in [1.807, 2.05) is 70.2 Å². The molecular weight excluding hydrogens is 512 g/mol. The number of nitrogens with one attached hydrogen (secondary N) is 1. The second-order valence-electron chi connectivity index (χ2n) is 11.6. The Balaban J connectivity index is 1.39. The van der Waals surface area contributed by atoms with Gasteiger partial charge in [0.05, 0.1) is 12.3 Å². The summed E-state index contributed by atoms with van der Waals surface area (Å²) in [7, 11) is 0. The van der Waals surface area contributed by atoms with Crippen molar-refractivity contribution in [3.8, 4) is 0 Å². The number of halogens is 1. The van der Waals surface area contributed by atoms with E-state index in [9.17, 15) is 9.59 Å². The summed E-state index contributed by atoms with van der Waals surface area (Å²) in [6, 6.07) is 19.8. The van der Waals surface area contributed by atoms with Crippen LogP contribution in [0.4, 0.5) is 4.79 Å². The van der Waals surface area contributed by atoms with Gasteiger partial charge in [-0.15, -0.1) is 0 Å². The predicted molar refractivity (Wildman–Crippen MR) is 155 cm³/mol. The van der Waals surface area contributed by atoms with Crippen LogP contribution in [-0.2, 0) is 14.9 Å². The van der Waals surface area contributed by atoms with Gasteiger partial charge in [0.15, 0.2) is 0 Å². The molecule has 0 aliphatic carbocycles. The fraction of sp³-hybridized carbons (Fsp3) is 0.375. The van der Waals surface area contributed by atoms with Crippen LogP contribution < -0.4 is 5.32 Å². The van der Waals surface area contributed by atoms with Gasteiger partial charge >= 0.3 is 6.09 Å². The van der Waals surface area contributed by atoms with Crippen LogP contribution in [-0.4, -0.2) is 35.6 Å². The maximum Gasteiger partial charge on any atom is 0.410 e. The highest BCUT2D eigenvalue weighted by molar-refractivity contribution is 6.31. The van der Waals surface area contributed by atoms with Crippen LogP contribution in [0.2, 0.25) is 5.02 Å². The number of fused-ring (bicyclic) bond motifs is 2. The van der Waals surface area contributed by atoms with Crippen molar-refractivity contribution in [2.75, 3.05) is 13.1 Å². The van der Waals surface area contributed by atoms with Gasteiger partial charge in [0.25, 0.3) is 0 Å². The maximum absolute atomic E-state index is 13.6. The molecule has 1 aromatic heterocycles. The average Bonchev–Trinajstić information content (AvgIpc) is 3.35. The molecule has 7 heteroatoms. The molecule has 4 aromatic rings. The molecule has 0 spiro atoms. The second-order valence-corrected chi connectivity index (χ2v) is 12.0. The first-order valence-electron chi connectivity index (χ1n) is 13.5. The van der Waals surface area contributed by atoms with Crippen molar-refractivity contribution < 1.29 is 18.7 Å². The number of benzene rings is 3. The third kappa shape index (κ3) is 5.91. The summed E-state index contributed by atoms with van der Waals surface area (Å²) in [5.74, 6) is -0.0374. The molecule has 2 heterocycles. The molecule has 0 saturated carbocycles. The minimum Gasteiger partial charge on any atom is -0.464 e. The van der Waals surface area contributed by atoms with Crippen molar-refractivity contribution in [3.05, 3.63) is 83.1 Å². The van der Waals surface area contributed by atoms with E-state index in [1.54, 1.807) is 11.2 Å². The van der Waals surface area contributed by atoms with Crippen LogP contribution >= 0.6 is 11.6 Å². The zero-order valence-electron chi connectivity index (χ0n) is 22.9. The molecule has 0 radical (unpaired) electrons. The van der Waals surface area contributed by atoms with E-state index in [4.69, 9.17) is 20.8 Å². The van der Waals surface area contributed by atoms with Gasteiger partial charge in [-0.2, -0.15) is 0 Å². The number of carbonyl (C=O) groups excluding carboxylic acids is 2. The highest BCUT2D eigenvalue weighted by Crippen LogP contribution is 2.41. The standard InChI is InChI=1S/C32H35ClN2O4/c1-21(27-19-25(33)18-22-7-5-6-8-26(22)27)34-29(36)20-32(24-9-10-28-23(17-24)11-16-38-28)12-14-35(15-13-32)30(37)39-31(2,3)4/h5-11,16-19,21H,12-15,20H2,1-4H3,(H,34,36). The Bertz CT molecular complexity index is 1510. The van der Waals surface area contributed by atoms with Gasteiger partial charge in [-0.1, -0.05) is 41.9 Å². The number of hydrogen-bond donors (Lipinski definition) is 1. The zero-order valence-corrected chi connectivity index (χ0v) is 23.7. The minimum atomic E-state index is -0.557. The molecule has 1 unspecified atom stereocenters. The number of nitrogens with zero attached hydrogens (tertiary/aromatic N) is 1. The molecular formula is C32H35ClN2O4. The zero-order chi connectivity index (χ0) is 27.8. The highest BCUT2D eigenvalue weighted by atomic mass is 35.5. The molecule has 1 N–H and O–H groups in total. The summed E-state index contributed by atoms with van der Waals surface area (Å²) in [4.78, 5) is 28.2. The first-order valence-corrected chi connectivity index (χ1v) is 13.8. The van der Waals surface area contributed by atoms with Crippen molar-refractivity contribution in [2.45, 2.75) is 64.0 Å². The minimum absolute atomic E-state index is 0.0374. The second kappa shape index (κ2) is 10.6. The fourth-order valence-electron chi connectivity index (χ4n) is 5.65. The first kappa shape index (κ1) is 27.1. The molecule has 1 aliphatic rings. The summed E-state index contributed by atoms with van der Waals surface area (Å²) in [5, 5.41) is 6.99. The normalized spacial score (nSPS) is 16.3. The number of hydrogen-bond acceptors (Lipinski definition) is 4. The lowest BCUT2D eigenvalue weighted by atomic mass is 9.70. The molecule has 1 atom stereocenters. The van der Waals surface area contributed by atoms with Gasteiger partial charge in [0.2, 0.25) is 5.91 Å². The Morgan fingerprint density at radius 3 is 2.54 bits per heavy atom. The van der Waals surface area contributed by atoms with Crippen molar-refractivity contribution in [3.63, 3.8) is 0 Å². The molecule has 39 heavy (non-hydrogen) atoms. The molecule has 204 valence electrons. The Kier molecular flexibility index (Phi) is 7.34. The summed E-state index contributed by atoms with van der Waals surface area (Å²) >= 11 is 6.42. The number of ether oxygens (including phenoxy) is 1. The van der Waals surface area contributed by atoms with E-state index in [0.717, 1.165) is 32.9 Å². The number of amides is 2. The summed E-state index contributed by atoms with van der Waals surface area (Å²) in [5.41, 5.74) is 1.89. The lowest BCUT2D eigenvalue weighted by molar-refractivity contribution is -0.123. The largest absolute Gasteiger partial charge is 0.464 e. The van der Waals surface area contributed by atoms with E-state index in [-0.39, 0.29) is 18.0 Å². The fourth-order valence-corrected chi connectivity index (χ4v) is 5.88. The van der Waals surface area contributed by atoms with Crippen LogP contribution in [0.3, 0.4) is 0 Å². The van der Waals surface area contributed by atoms with Crippen LogP contribution in [0.25, 0.3) is 21.7 Å². The molecule has 1 fully saturated rings. The van der Waals surface area contributed by atoms with Gasteiger partial charge in [-0.25, -0.2) is 4.79 Å². The Labute approximate surface area is 234 Å². The van der Waals surface area contributed by atoms with Gasteiger partial charge in [0.1, 0.15) is 11.2 Å². The molecule has 1 aliphatic heterocycles. The number of piperidine rings is 1. The van der Waals surface area contributed by atoms with E-state index in [0.29, 0.717) is 37.4 Å². The SMILES string of the molecule is CC(NC(=O)CC1(c2ccc3occc3c2)CCN(C(=O)OC(C)(C)C)CC1)c1cc(Cl)cc2ccccc12. The highest BCUT2D eigenvalue weighted by Gasteiger charge is 2.40. The van der Waals surface area contributed by atoms with Gasteiger partial charge in [-0.05, 0) is 92.8 Å². The van der Waals surface area contributed by atoms with Crippen LogP contribution in [0.5, 0.6) is 0 Å². The Hall–Kier alpha value is -3.51. The summed E-state index contributed by atoms with van der Waals surface area (Å²) < 4.78 is 11.2. The first-order chi connectivity index (χ1) is 18.5. The van der Waals surface area contributed by atoms with Gasteiger partial charge in [0, 0.05) is 35.3 Å². The van der Waals surface area contributed by atoms with Crippen LogP contribution in [0.15, 0.2) is 71.3 Å². The third-order valence-electron chi connectivity index (χ3n) is 7.64. The molecule has 6 nitrogen and oxygen atoms in total. The molecule has 5 rings (SSSR count). The quantitative estimate of drug-likeness (QED) is 0.277. The smallest absolute Gasteiger partial charge is 0.410 e. The van der Waals surface area contributed by atoms with Crippen molar-refractivity contribution >= 4 is 45.3 Å². The van der Waals surface area contributed by atoms with Crippen molar-refractivity contribution in [1.29, 1.82) is 0 Å². The van der Waals surface area contributed by atoms with Crippen LogP contribution in [0, 0.1) is 0 Å². The molecule has 2 amide bonds. The third-order valence-corrected chi connectivity index (χ3v) is 7.86. The Morgan fingerprint density at radius 2 is 1.79 bits per heavy atom. The van der Waals surface area contributed by atoms with E-state index < -0.39 is 11.0 Å². The molecule has 1 saturated heterocycles. The predicted octanol–water partition coefficient (Wildman–Crippen LogP) is 7.78. The topological polar surface area (TPSA) is 71.8 Å². The van der Waals surface area contributed by atoms with Gasteiger partial charge < -0.3 is 19.4 Å². The van der Waals surface area contributed by atoms with Crippen molar-refractivity contribution in [2.24, 2.45) is 0 Å². The van der Waals surface area contributed by atoms with Crippen molar-refractivity contribution in [1.82, 2.24) is 10.2 Å². The molecule has 3 aromatic carbocycles. The number of carbonyl (C=O) groups is 2. The summed E-state index contributed by atoms with van der Waals surface area (Å²) in [6.07, 6.45) is 2.97. The maximum atomic E-state index is 13.6. The van der Waals surface area contributed by atoms with E-state index >= 15 is 0 Å². The van der Waals surface area contributed by atoms with Crippen LogP contribution in [0.1, 0.15) is 64.1 Å². The van der Waals surface area contributed by atoms with Gasteiger partial charge in [-0.3, -0.25) is 4.79 Å². The number of rotatable bonds is 5. The lowest BCUT2D eigenvalue weighted by Gasteiger charge is -2.42. The average molecular weight is 547 g/mol. The number of likely N-dealkylation sites (tertiary alicyclic amines) is 1. The van der Waals surface area contributed by atoms with E-state index in [2.05, 4.69) is 23.5 Å². The summed E-state index contributed by atoms with van der Waals surface area (Å²) in [6.45, 7) is 8.63. The van der Waals surface area contributed by atoms with E-state index in [1.165, 1.54) is 0 Å². The monoisotopic (exact) mass is 546 g/mol.